The summed E-state index contributed by atoms with van der Waals surface area (Å²) < 4.78 is 13.2. The van der Waals surface area contributed by atoms with E-state index in [-0.39, 0.29) is 5.41 Å². The Morgan fingerprint density at radius 2 is 1.77 bits per heavy atom. The molecule has 0 unspecified atom stereocenters. The molecule has 196 valence electrons. The second-order valence-electron chi connectivity index (χ2n) is 9.33. The molecule has 0 spiro atoms. The zero-order chi connectivity index (χ0) is 26.3. The predicted octanol–water partition coefficient (Wildman–Crippen LogP) is 4.67. The average Bonchev–Trinajstić information content (AvgIpc) is 3.22. The van der Waals surface area contributed by atoms with Crippen LogP contribution in [0.1, 0.15) is 74.8 Å². The monoisotopic (exact) mass is 488 g/mol. The van der Waals surface area contributed by atoms with Crippen molar-refractivity contribution >= 4 is 12.6 Å². The fraction of sp³-hybridized carbons (Fsp3) is 0.607. The number of rotatable bonds is 11. The molecule has 1 aliphatic heterocycles. The van der Waals surface area contributed by atoms with Gasteiger partial charge >= 0.3 is 0 Å². The first-order valence-electron chi connectivity index (χ1n) is 12.6. The number of ether oxygens (including phenoxy) is 2. The summed E-state index contributed by atoms with van der Waals surface area (Å²) in [5.74, 6) is 0. The van der Waals surface area contributed by atoms with Crippen LogP contribution in [-0.4, -0.2) is 54.4 Å². The molecule has 0 bridgehead atoms. The molecule has 1 aromatic carbocycles. The lowest BCUT2D eigenvalue weighted by Crippen LogP contribution is -2.34. The summed E-state index contributed by atoms with van der Waals surface area (Å²) in [7, 11) is 1.00. The highest BCUT2D eigenvalue weighted by atomic mass is 16.5. The molecule has 0 radical (unpaired) electrons. The molecule has 0 aliphatic carbocycles. The molecule has 3 rings (SSSR count). The van der Waals surface area contributed by atoms with Gasteiger partial charge in [0, 0.05) is 37.8 Å². The van der Waals surface area contributed by atoms with Crippen LogP contribution in [0.25, 0.3) is 0 Å². The first-order chi connectivity index (χ1) is 16.9. The number of aryl methyl sites for hydroxylation is 1. The lowest BCUT2D eigenvalue weighted by molar-refractivity contribution is -0.121. The summed E-state index contributed by atoms with van der Waals surface area (Å²) >= 11 is 0. The molecule has 1 N–H and O–H groups in total. The lowest BCUT2D eigenvalue weighted by atomic mass is 9.75. The Hall–Kier alpha value is -2.35. The van der Waals surface area contributed by atoms with E-state index in [9.17, 15) is 9.59 Å². The number of aliphatic hydroxyl groups excluding tert-OH is 1. The molecular formula is C28H44N2O5. The SMILES string of the molecule is CC.CCn1nc(CC(C)(C)COCc2ccccc2)c(CC2(C=O)CCOCC2)c1C=O.CO. The Bertz CT molecular complexity index is 871. The largest absolute Gasteiger partial charge is 0.400 e. The number of carbonyl (C=O) groups is 2. The van der Waals surface area contributed by atoms with Gasteiger partial charge in [0.1, 0.15) is 12.0 Å². The highest BCUT2D eigenvalue weighted by Gasteiger charge is 2.36. The third-order valence-electron chi connectivity index (χ3n) is 6.11. The van der Waals surface area contributed by atoms with E-state index in [4.69, 9.17) is 19.7 Å². The van der Waals surface area contributed by atoms with Gasteiger partial charge in [-0.3, -0.25) is 9.48 Å². The molecule has 2 heterocycles. The Kier molecular flexibility index (Phi) is 13.7. The molecule has 1 fully saturated rings. The summed E-state index contributed by atoms with van der Waals surface area (Å²) in [6, 6.07) is 10.1. The minimum absolute atomic E-state index is 0.166. The van der Waals surface area contributed by atoms with Crippen molar-refractivity contribution in [2.75, 3.05) is 26.9 Å². The third-order valence-corrected chi connectivity index (χ3v) is 6.11. The van der Waals surface area contributed by atoms with Crippen molar-refractivity contribution in [3.8, 4) is 0 Å². The normalized spacial score (nSPS) is 14.7. The first-order valence-corrected chi connectivity index (χ1v) is 12.6. The van der Waals surface area contributed by atoms with Gasteiger partial charge in [0.2, 0.25) is 0 Å². The van der Waals surface area contributed by atoms with Crippen LogP contribution in [0, 0.1) is 10.8 Å². The predicted molar refractivity (Wildman–Crippen MR) is 139 cm³/mol. The van der Waals surface area contributed by atoms with Gasteiger partial charge in [0.15, 0.2) is 6.29 Å². The zero-order valence-corrected chi connectivity index (χ0v) is 22.4. The van der Waals surface area contributed by atoms with Gasteiger partial charge in [0.05, 0.1) is 18.9 Å². The average molecular weight is 489 g/mol. The van der Waals surface area contributed by atoms with Crippen molar-refractivity contribution in [3.05, 3.63) is 52.8 Å². The van der Waals surface area contributed by atoms with Gasteiger partial charge in [-0.25, -0.2) is 0 Å². The number of aldehydes is 2. The summed E-state index contributed by atoms with van der Waals surface area (Å²) in [5, 5.41) is 11.8. The highest BCUT2D eigenvalue weighted by Crippen LogP contribution is 2.35. The number of hydrogen-bond acceptors (Lipinski definition) is 6. The molecule has 7 nitrogen and oxygen atoms in total. The number of aromatic nitrogens is 2. The van der Waals surface area contributed by atoms with Gasteiger partial charge in [0.25, 0.3) is 0 Å². The molecule has 1 aliphatic rings. The van der Waals surface area contributed by atoms with Crippen molar-refractivity contribution in [2.24, 2.45) is 10.8 Å². The summed E-state index contributed by atoms with van der Waals surface area (Å²) in [5.41, 5.74) is 2.88. The van der Waals surface area contributed by atoms with Crippen LogP contribution in [0.15, 0.2) is 30.3 Å². The van der Waals surface area contributed by atoms with E-state index < -0.39 is 5.41 Å². The van der Waals surface area contributed by atoms with Crippen molar-refractivity contribution in [1.29, 1.82) is 0 Å². The van der Waals surface area contributed by atoms with Gasteiger partial charge in [-0.2, -0.15) is 5.10 Å². The minimum atomic E-state index is -0.486. The van der Waals surface area contributed by atoms with E-state index in [2.05, 4.69) is 26.0 Å². The Morgan fingerprint density at radius 1 is 1.14 bits per heavy atom. The minimum Gasteiger partial charge on any atom is -0.400 e. The van der Waals surface area contributed by atoms with Crippen molar-refractivity contribution < 1.29 is 24.2 Å². The maximum Gasteiger partial charge on any atom is 0.168 e. The van der Waals surface area contributed by atoms with Gasteiger partial charge in [-0.1, -0.05) is 58.0 Å². The smallest absolute Gasteiger partial charge is 0.168 e. The molecule has 7 heteroatoms. The van der Waals surface area contributed by atoms with E-state index in [1.165, 1.54) is 0 Å². The van der Waals surface area contributed by atoms with Crippen LogP contribution in [0.4, 0.5) is 0 Å². The van der Waals surface area contributed by atoms with E-state index in [0.29, 0.717) is 64.3 Å². The Labute approximate surface area is 210 Å². The topological polar surface area (TPSA) is 90.7 Å². The van der Waals surface area contributed by atoms with Gasteiger partial charge in [-0.05, 0) is 43.6 Å². The first kappa shape index (κ1) is 30.7. The molecule has 0 amide bonds. The lowest BCUT2D eigenvalue weighted by Gasteiger charge is -2.32. The fourth-order valence-electron chi connectivity index (χ4n) is 4.26. The molecule has 2 aromatic rings. The summed E-state index contributed by atoms with van der Waals surface area (Å²) in [4.78, 5) is 24.0. The van der Waals surface area contributed by atoms with E-state index >= 15 is 0 Å². The summed E-state index contributed by atoms with van der Waals surface area (Å²) in [6.45, 7) is 13.2. The van der Waals surface area contributed by atoms with Crippen molar-refractivity contribution in [1.82, 2.24) is 9.78 Å². The zero-order valence-electron chi connectivity index (χ0n) is 22.4. The van der Waals surface area contributed by atoms with Crippen molar-refractivity contribution in [2.45, 2.75) is 73.5 Å². The van der Waals surface area contributed by atoms with Crippen LogP contribution >= 0.6 is 0 Å². The third kappa shape index (κ3) is 8.98. The highest BCUT2D eigenvalue weighted by molar-refractivity contribution is 5.76. The van der Waals surface area contributed by atoms with Crippen LogP contribution in [0.3, 0.4) is 0 Å². The standard InChI is InChI=1S/C25H34N2O4.C2H6.CH4O/c1-4-27-23(16-28)21(14-25(18-29)10-12-30-13-11-25)22(26-27)15-24(2,3)19-31-17-20-8-6-5-7-9-20;2*1-2/h5-9,16,18H,4,10-15,17,19H2,1-3H3;1-2H3;2H,1H3. The van der Waals surface area contributed by atoms with Crippen LogP contribution in [0.2, 0.25) is 0 Å². The Balaban J connectivity index is 0.00000145. The number of carbonyl (C=O) groups excluding carboxylic acids is 2. The number of hydrogen-bond donors (Lipinski definition) is 1. The van der Waals surface area contributed by atoms with Gasteiger partial charge < -0.3 is 19.4 Å². The van der Waals surface area contributed by atoms with E-state index in [1.54, 1.807) is 4.68 Å². The molecule has 0 atom stereocenters. The number of benzene rings is 1. The molecule has 1 saturated heterocycles. The number of nitrogens with zero attached hydrogens (tertiary/aromatic N) is 2. The number of aliphatic hydroxyl groups is 1. The van der Waals surface area contributed by atoms with E-state index in [0.717, 1.165) is 36.5 Å². The van der Waals surface area contributed by atoms with Crippen LogP contribution in [-0.2, 0) is 40.3 Å². The second kappa shape index (κ2) is 15.6. The summed E-state index contributed by atoms with van der Waals surface area (Å²) in [6.07, 6.45) is 4.50. The molecule has 35 heavy (non-hydrogen) atoms. The second-order valence-corrected chi connectivity index (χ2v) is 9.33. The molecular weight excluding hydrogens is 444 g/mol. The van der Waals surface area contributed by atoms with Crippen LogP contribution < -0.4 is 0 Å². The molecule has 0 saturated carbocycles. The van der Waals surface area contributed by atoms with E-state index in [1.807, 2.05) is 39.0 Å². The maximum atomic E-state index is 12.0. The van der Waals surface area contributed by atoms with Crippen molar-refractivity contribution in [3.63, 3.8) is 0 Å². The van der Waals surface area contributed by atoms with Gasteiger partial charge in [-0.15, -0.1) is 0 Å². The maximum absolute atomic E-state index is 12.0. The molecule has 1 aromatic heterocycles. The van der Waals surface area contributed by atoms with Crippen LogP contribution in [0.5, 0.6) is 0 Å². The fourth-order valence-corrected chi connectivity index (χ4v) is 4.26. The Morgan fingerprint density at radius 3 is 2.31 bits per heavy atom. The quantitative estimate of drug-likeness (QED) is 0.462.